The third-order valence-corrected chi connectivity index (χ3v) is 4.35. The highest BCUT2D eigenvalue weighted by molar-refractivity contribution is 5.94. The van der Waals surface area contributed by atoms with E-state index in [-0.39, 0.29) is 23.2 Å². The molecule has 10 nitrogen and oxygen atoms in total. The number of methoxy groups -OCH3 is 1. The Balaban J connectivity index is 1.61. The molecular weight excluding hydrogens is 386 g/mol. The summed E-state index contributed by atoms with van der Waals surface area (Å²) in [5, 5.41) is 26.3. The lowest BCUT2D eigenvalue weighted by Gasteiger charge is -2.01. The summed E-state index contributed by atoms with van der Waals surface area (Å²) in [5.74, 6) is 6.18. The van der Waals surface area contributed by atoms with E-state index in [4.69, 9.17) is 10.6 Å². The number of benzene rings is 2. The summed E-state index contributed by atoms with van der Waals surface area (Å²) in [6, 6.07) is 14.5. The van der Waals surface area contributed by atoms with Crippen LogP contribution in [0.3, 0.4) is 0 Å². The lowest BCUT2D eigenvalue weighted by atomic mass is 10.2. The molecule has 2 heterocycles. The van der Waals surface area contributed by atoms with Crippen LogP contribution in [0.1, 0.15) is 11.3 Å². The van der Waals surface area contributed by atoms with Gasteiger partial charge in [-0.15, -0.1) is 20.4 Å². The predicted octanol–water partition coefficient (Wildman–Crippen LogP) is 3.13. The monoisotopic (exact) mass is 403 g/mol. The maximum absolute atomic E-state index is 12.5. The zero-order valence-corrected chi connectivity index (χ0v) is 15.9. The molecule has 4 rings (SSSR count). The van der Waals surface area contributed by atoms with E-state index in [0.717, 1.165) is 16.0 Å². The van der Waals surface area contributed by atoms with Crippen molar-refractivity contribution in [2.75, 3.05) is 13.0 Å². The molecule has 0 atom stereocenters. The fourth-order valence-electron chi connectivity index (χ4n) is 2.78. The maximum atomic E-state index is 12.5. The average molecular weight is 403 g/mol. The van der Waals surface area contributed by atoms with Gasteiger partial charge in [-0.3, -0.25) is 4.79 Å². The molecule has 0 bridgehead atoms. The second-order valence-corrected chi connectivity index (χ2v) is 6.23. The molecule has 10 heteroatoms. The zero-order chi connectivity index (χ0) is 21.1. The van der Waals surface area contributed by atoms with Crippen LogP contribution in [-0.2, 0) is 0 Å². The minimum atomic E-state index is -0.591. The average Bonchev–Trinajstić information content (AvgIpc) is 3.09. The van der Waals surface area contributed by atoms with Gasteiger partial charge in [0.05, 0.1) is 12.6 Å². The summed E-state index contributed by atoms with van der Waals surface area (Å²) in [7, 11) is 1.59. The lowest BCUT2D eigenvalue weighted by Crippen LogP contribution is -2.30. The number of para-hydroxylation sites is 1. The van der Waals surface area contributed by atoms with Gasteiger partial charge in [-0.05, 0) is 29.8 Å². The molecule has 0 saturated carbocycles. The van der Waals surface area contributed by atoms with E-state index >= 15 is 0 Å². The van der Waals surface area contributed by atoms with E-state index in [1.807, 2.05) is 18.2 Å². The van der Waals surface area contributed by atoms with Gasteiger partial charge >= 0.3 is 0 Å². The van der Waals surface area contributed by atoms with Crippen LogP contribution in [-0.4, -0.2) is 32.1 Å². The molecule has 0 spiro atoms. The van der Waals surface area contributed by atoms with Gasteiger partial charge in [0.15, 0.2) is 11.4 Å². The molecule has 0 saturated heterocycles. The van der Waals surface area contributed by atoms with Gasteiger partial charge in [-0.1, -0.05) is 36.4 Å². The highest BCUT2D eigenvalue weighted by Crippen LogP contribution is 2.35. The SMILES string of the molecule is COc1ccc(/C=C/c2nnc(N=Nc3c(O)[nH]c4ccccc34)n(N)c2=O)cc1. The van der Waals surface area contributed by atoms with Gasteiger partial charge in [-0.2, -0.15) is 4.68 Å². The molecule has 0 aliphatic carbocycles. The van der Waals surface area contributed by atoms with Crippen LogP contribution < -0.4 is 16.1 Å². The Labute approximate surface area is 170 Å². The molecular formula is C20H17N7O3. The number of H-pyrrole nitrogens is 1. The molecule has 4 N–H and O–H groups in total. The molecule has 4 aromatic rings. The van der Waals surface area contributed by atoms with Crippen molar-refractivity contribution in [2.24, 2.45) is 10.2 Å². The Morgan fingerprint density at radius 1 is 1.10 bits per heavy atom. The molecule has 30 heavy (non-hydrogen) atoms. The van der Waals surface area contributed by atoms with Crippen LogP contribution in [0.4, 0.5) is 11.6 Å². The van der Waals surface area contributed by atoms with Crippen LogP contribution in [0, 0.1) is 0 Å². The van der Waals surface area contributed by atoms with Crippen molar-refractivity contribution < 1.29 is 9.84 Å². The fraction of sp³-hybridized carbons (Fsp3) is 0.0500. The molecule has 150 valence electrons. The number of nitrogens with two attached hydrogens (primary N) is 1. The van der Waals surface area contributed by atoms with Crippen molar-refractivity contribution in [1.29, 1.82) is 0 Å². The van der Waals surface area contributed by atoms with E-state index in [9.17, 15) is 9.90 Å². The number of aromatic hydroxyl groups is 1. The number of fused-ring (bicyclic) bond motifs is 1. The molecule has 0 aliphatic rings. The zero-order valence-electron chi connectivity index (χ0n) is 15.9. The maximum Gasteiger partial charge on any atom is 0.299 e. The minimum absolute atomic E-state index is 0.0437. The number of aromatic amines is 1. The highest BCUT2D eigenvalue weighted by Gasteiger charge is 2.11. The van der Waals surface area contributed by atoms with Crippen molar-refractivity contribution >= 4 is 34.7 Å². The second-order valence-electron chi connectivity index (χ2n) is 6.23. The molecule has 0 amide bonds. The van der Waals surface area contributed by atoms with Crippen LogP contribution in [0.15, 0.2) is 63.6 Å². The first-order valence-electron chi connectivity index (χ1n) is 8.85. The fourth-order valence-corrected chi connectivity index (χ4v) is 2.78. The molecule has 2 aromatic heterocycles. The summed E-state index contributed by atoms with van der Waals surface area (Å²) in [5.41, 5.74) is 1.20. The van der Waals surface area contributed by atoms with E-state index in [0.29, 0.717) is 10.9 Å². The first-order chi connectivity index (χ1) is 14.6. The number of aromatic nitrogens is 4. The molecule has 0 unspecified atom stereocenters. The van der Waals surface area contributed by atoms with Crippen LogP contribution in [0.25, 0.3) is 23.1 Å². The van der Waals surface area contributed by atoms with Crippen molar-refractivity contribution in [1.82, 2.24) is 19.9 Å². The van der Waals surface area contributed by atoms with Crippen molar-refractivity contribution in [3.8, 4) is 11.6 Å². The summed E-state index contributed by atoms with van der Waals surface area (Å²) < 4.78 is 5.85. The number of nitrogens with one attached hydrogen (secondary N) is 1. The first-order valence-corrected chi connectivity index (χ1v) is 8.85. The van der Waals surface area contributed by atoms with E-state index < -0.39 is 5.56 Å². The topological polar surface area (TPSA) is 144 Å². The van der Waals surface area contributed by atoms with Gasteiger partial charge in [0.1, 0.15) is 5.75 Å². The Bertz CT molecular complexity index is 1320. The first kappa shape index (κ1) is 18.9. The van der Waals surface area contributed by atoms with E-state index in [1.54, 1.807) is 43.5 Å². The molecule has 0 radical (unpaired) electrons. The van der Waals surface area contributed by atoms with Crippen molar-refractivity contribution in [3.63, 3.8) is 0 Å². The Morgan fingerprint density at radius 2 is 1.87 bits per heavy atom. The van der Waals surface area contributed by atoms with Crippen LogP contribution in [0.2, 0.25) is 0 Å². The number of nitrogen functional groups attached to an aromatic ring is 1. The molecule has 0 aliphatic heterocycles. The smallest absolute Gasteiger partial charge is 0.299 e. The van der Waals surface area contributed by atoms with Crippen LogP contribution >= 0.6 is 0 Å². The number of rotatable bonds is 5. The van der Waals surface area contributed by atoms with E-state index in [2.05, 4.69) is 25.4 Å². The number of hydrogen-bond acceptors (Lipinski definition) is 8. The summed E-state index contributed by atoms with van der Waals surface area (Å²) in [6.07, 6.45) is 3.21. The molecule has 0 fully saturated rings. The second kappa shape index (κ2) is 7.87. The van der Waals surface area contributed by atoms with Crippen LogP contribution in [0.5, 0.6) is 11.6 Å². The van der Waals surface area contributed by atoms with Gasteiger partial charge in [0.25, 0.3) is 11.5 Å². The summed E-state index contributed by atoms with van der Waals surface area (Å²) in [4.78, 5) is 15.2. The Kier molecular flexibility index (Phi) is 4.95. The summed E-state index contributed by atoms with van der Waals surface area (Å²) in [6.45, 7) is 0. The van der Waals surface area contributed by atoms with E-state index in [1.165, 1.54) is 6.08 Å². The van der Waals surface area contributed by atoms with Crippen molar-refractivity contribution in [3.05, 3.63) is 70.1 Å². The number of nitrogens with zero attached hydrogens (tertiary/aromatic N) is 5. The predicted molar refractivity (Wildman–Crippen MR) is 113 cm³/mol. The highest BCUT2D eigenvalue weighted by atomic mass is 16.5. The van der Waals surface area contributed by atoms with Gasteiger partial charge in [0, 0.05) is 5.39 Å². The van der Waals surface area contributed by atoms with Gasteiger partial charge in [0.2, 0.25) is 5.88 Å². The third-order valence-electron chi connectivity index (χ3n) is 4.35. The number of ether oxygens (including phenoxy) is 1. The normalized spacial score (nSPS) is 11.6. The lowest BCUT2D eigenvalue weighted by molar-refractivity contribution is 0.415. The minimum Gasteiger partial charge on any atom is -0.497 e. The number of hydrogen-bond donors (Lipinski definition) is 3. The Hall–Kier alpha value is -4.47. The number of azo groups is 1. The third kappa shape index (κ3) is 3.61. The summed E-state index contributed by atoms with van der Waals surface area (Å²) >= 11 is 0. The van der Waals surface area contributed by atoms with Gasteiger partial charge in [-0.25, -0.2) is 0 Å². The standard InChI is InChI=1S/C20H17N7O3/c1-30-13-9-6-12(7-10-13)8-11-16-19(29)27(21)20(25-23-16)26-24-17-14-4-2-3-5-15(14)22-18(17)28/h2-11,22,28H,21H2,1H3/b11-8+,26-24?. The Morgan fingerprint density at radius 3 is 2.63 bits per heavy atom. The molecule has 2 aromatic carbocycles. The quantitative estimate of drug-likeness (QED) is 0.345. The van der Waals surface area contributed by atoms with Gasteiger partial charge < -0.3 is 20.7 Å². The largest absolute Gasteiger partial charge is 0.497 e. The van der Waals surface area contributed by atoms with Crippen molar-refractivity contribution in [2.45, 2.75) is 0 Å².